The molecule has 2 aromatic rings. The Morgan fingerprint density at radius 1 is 1.21 bits per heavy atom. The minimum Gasteiger partial charge on any atom is -0.376 e. The van der Waals surface area contributed by atoms with E-state index in [9.17, 15) is 0 Å². The van der Waals surface area contributed by atoms with E-state index in [0.717, 1.165) is 63.0 Å². The predicted molar refractivity (Wildman–Crippen MR) is 106 cm³/mol. The standard InChI is InChI=1S/C20H30N6O2/c1-13(2)18-16(7-5-11-27-18)23-17-8-9-21-20(24-17)26-10-4-6-15(12-26)19-22-14(3)25-28-19/h8-9,13,15-16,18H,4-7,10-12H2,1-3H3,(H,21,23,24)/t15-,16-,18+/m1/s1. The second-order valence-corrected chi connectivity index (χ2v) is 8.18. The van der Waals surface area contributed by atoms with Crippen molar-refractivity contribution in [1.29, 1.82) is 0 Å². The first-order valence-corrected chi connectivity index (χ1v) is 10.4. The zero-order chi connectivity index (χ0) is 19.5. The number of nitrogens with zero attached hydrogens (tertiary/aromatic N) is 5. The van der Waals surface area contributed by atoms with Crippen LogP contribution in [0.4, 0.5) is 11.8 Å². The Hall–Kier alpha value is -2.22. The van der Waals surface area contributed by atoms with Crippen LogP contribution in [0.2, 0.25) is 0 Å². The Labute approximate surface area is 166 Å². The monoisotopic (exact) mass is 386 g/mol. The smallest absolute Gasteiger partial charge is 0.231 e. The molecule has 2 saturated heterocycles. The third-order valence-electron chi connectivity index (χ3n) is 5.60. The highest BCUT2D eigenvalue weighted by Crippen LogP contribution is 2.28. The first-order valence-electron chi connectivity index (χ1n) is 10.4. The SMILES string of the molecule is Cc1noc([C@@H]2CCCN(c3nccc(N[C@@H]4CCCO[C@H]4C(C)C)n3)C2)n1. The zero-order valence-corrected chi connectivity index (χ0v) is 17.0. The number of hydrogen-bond donors (Lipinski definition) is 1. The van der Waals surface area contributed by atoms with Gasteiger partial charge < -0.3 is 19.5 Å². The number of ether oxygens (including phenoxy) is 1. The second-order valence-electron chi connectivity index (χ2n) is 8.18. The van der Waals surface area contributed by atoms with Crippen LogP contribution in [0.3, 0.4) is 0 Å². The number of nitrogens with one attached hydrogen (secondary N) is 1. The van der Waals surface area contributed by atoms with Crippen molar-refractivity contribution >= 4 is 11.8 Å². The van der Waals surface area contributed by atoms with Crippen LogP contribution in [0.5, 0.6) is 0 Å². The van der Waals surface area contributed by atoms with Gasteiger partial charge in [0.05, 0.1) is 18.1 Å². The number of piperidine rings is 1. The summed E-state index contributed by atoms with van der Waals surface area (Å²) < 4.78 is 11.4. The molecule has 28 heavy (non-hydrogen) atoms. The highest BCUT2D eigenvalue weighted by atomic mass is 16.5. The van der Waals surface area contributed by atoms with Gasteiger partial charge in [-0.25, -0.2) is 4.98 Å². The first-order chi connectivity index (χ1) is 13.6. The van der Waals surface area contributed by atoms with Crippen LogP contribution in [-0.2, 0) is 4.74 Å². The summed E-state index contributed by atoms with van der Waals surface area (Å²) in [7, 11) is 0. The number of aromatic nitrogens is 4. The first kappa shape index (κ1) is 19.1. The molecule has 2 fully saturated rings. The Morgan fingerprint density at radius 2 is 2.11 bits per heavy atom. The molecular formula is C20H30N6O2. The summed E-state index contributed by atoms with van der Waals surface area (Å²) in [5, 5.41) is 7.53. The molecule has 152 valence electrons. The molecule has 0 spiro atoms. The molecular weight excluding hydrogens is 356 g/mol. The van der Waals surface area contributed by atoms with Crippen molar-refractivity contribution in [2.24, 2.45) is 5.92 Å². The highest BCUT2D eigenvalue weighted by molar-refractivity contribution is 5.43. The number of rotatable bonds is 5. The predicted octanol–water partition coefficient (Wildman–Crippen LogP) is 3.17. The third-order valence-corrected chi connectivity index (χ3v) is 5.60. The summed E-state index contributed by atoms with van der Waals surface area (Å²) in [5.74, 6) is 3.72. The fourth-order valence-electron chi connectivity index (χ4n) is 4.22. The van der Waals surface area contributed by atoms with Crippen molar-refractivity contribution < 1.29 is 9.26 Å². The van der Waals surface area contributed by atoms with Gasteiger partial charge in [0.15, 0.2) is 5.82 Å². The Balaban J connectivity index is 1.45. The molecule has 0 aliphatic carbocycles. The normalized spacial score (nSPS) is 25.9. The Kier molecular flexibility index (Phi) is 5.75. The fraction of sp³-hybridized carbons (Fsp3) is 0.700. The minimum absolute atomic E-state index is 0.215. The van der Waals surface area contributed by atoms with Crippen LogP contribution < -0.4 is 10.2 Å². The molecule has 0 saturated carbocycles. The van der Waals surface area contributed by atoms with E-state index in [-0.39, 0.29) is 18.1 Å². The zero-order valence-electron chi connectivity index (χ0n) is 17.0. The molecule has 8 nitrogen and oxygen atoms in total. The Morgan fingerprint density at radius 3 is 2.89 bits per heavy atom. The molecule has 0 radical (unpaired) electrons. The molecule has 0 aromatic carbocycles. The number of aryl methyl sites for hydroxylation is 1. The highest BCUT2D eigenvalue weighted by Gasteiger charge is 2.30. The summed E-state index contributed by atoms with van der Waals surface area (Å²) >= 11 is 0. The van der Waals surface area contributed by atoms with E-state index < -0.39 is 0 Å². The molecule has 2 aliphatic rings. The van der Waals surface area contributed by atoms with Crippen LogP contribution >= 0.6 is 0 Å². The van der Waals surface area contributed by atoms with Crippen LogP contribution in [-0.4, -0.2) is 52.0 Å². The molecule has 8 heteroatoms. The topological polar surface area (TPSA) is 89.2 Å². The maximum atomic E-state index is 6.00. The molecule has 1 N–H and O–H groups in total. The van der Waals surface area contributed by atoms with Crippen molar-refractivity contribution in [3.63, 3.8) is 0 Å². The van der Waals surface area contributed by atoms with Gasteiger partial charge in [-0.15, -0.1) is 0 Å². The van der Waals surface area contributed by atoms with Gasteiger partial charge >= 0.3 is 0 Å². The summed E-state index contributed by atoms with van der Waals surface area (Å²) in [6.07, 6.45) is 6.33. The van der Waals surface area contributed by atoms with Crippen molar-refractivity contribution in [2.75, 3.05) is 29.9 Å². The molecule has 2 aliphatic heterocycles. The molecule has 4 rings (SSSR count). The van der Waals surface area contributed by atoms with Crippen molar-refractivity contribution in [3.05, 3.63) is 24.0 Å². The number of hydrogen-bond acceptors (Lipinski definition) is 8. The minimum atomic E-state index is 0.215. The molecule has 0 amide bonds. The Bertz CT molecular complexity index is 780. The maximum Gasteiger partial charge on any atom is 0.231 e. The van der Waals surface area contributed by atoms with E-state index in [1.54, 1.807) is 0 Å². The van der Waals surface area contributed by atoms with Gasteiger partial charge in [0.2, 0.25) is 11.8 Å². The summed E-state index contributed by atoms with van der Waals surface area (Å²) in [6, 6.07) is 2.23. The van der Waals surface area contributed by atoms with Crippen molar-refractivity contribution in [3.8, 4) is 0 Å². The van der Waals surface area contributed by atoms with Gasteiger partial charge in [-0.1, -0.05) is 19.0 Å². The summed E-state index contributed by atoms with van der Waals surface area (Å²) in [5.41, 5.74) is 0. The lowest BCUT2D eigenvalue weighted by Gasteiger charge is -2.35. The summed E-state index contributed by atoms with van der Waals surface area (Å²) in [4.78, 5) is 15.9. The van der Waals surface area contributed by atoms with E-state index in [4.69, 9.17) is 14.2 Å². The van der Waals surface area contributed by atoms with Gasteiger partial charge in [-0.3, -0.25) is 0 Å². The molecule has 3 atom stereocenters. The molecule has 2 aromatic heterocycles. The van der Waals surface area contributed by atoms with E-state index in [1.165, 1.54) is 0 Å². The van der Waals surface area contributed by atoms with E-state index in [0.29, 0.717) is 11.7 Å². The summed E-state index contributed by atoms with van der Waals surface area (Å²) in [6.45, 7) is 8.86. The fourth-order valence-corrected chi connectivity index (χ4v) is 4.22. The largest absolute Gasteiger partial charge is 0.376 e. The van der Waals surface area contributed by atoms with Crippen molar-refractivity contribution in [1.82, 2.24) is 20.1 Å². The van der Waals surface area contributed by atoms with Crippen LogP contribution in [0.25, 0.3) is 0 Å². The van der Waals surface area contributed by atoms with E-state index >= 15 is 0 Å². The average molecular weight is 387 g/mol. The average Bonchev–Trinajstić information content (AvgIpc) is 3.15. The van der Waals surface area contributed by atoms with Gasteiger partial charge in [-0.05, 0) is 44.6 Å². The third kappa shape index (κ3) is 4.27. The quantitative estimate of drug-likeness (QED) is 0.838. The second kappa shape index (κ2) is 8.43. The maximum absolute atomic E-state index is 6.00. The molecule has 0 unspecified atom stereocenters. The van der Waals surface area contributed by atoms with Crippen LogP contribution in [0.1, 0.15) is 57.2 Å². The molecule has 4 heterocycles. The van der Waals surface area contributed by atoms with Crippen molar-refractivity contribution in [2.45, 2.75) is 64.5 Å². The van der Waals surface area contributed by atoms with Gasteiger partial charge in [-0.2, -0.15) is 9.97 Å². The van der Waals surface area contributed by atoms with Gasteiger partial charge in [0.1, 0.15) is 5.82 Å². The lowest BCUT2D eigenvalue weighted by atomic mass is 9.94. The van der Waals surface area contributed by atoms with E-state index in [1.807, 2.05) is 19.2 Å². The molecule has 0 bridgehead atoms. The van der Waals surface area contributed by atoms with Gasteiger partial charge in [0.25, 0.3) is 0 Å². The van der Waals surface area contributed by atoms with E-state index in [2.05, 4.69) is 39.2 Å². The number of anilines is 2. The lowest BCUT2D eigenvalue weighted by Crippen LogP contribution is -2.43. The van der Waals surface area contributed by atoms with Crippen LogP contribution in [0, 0.1) is 12.8 Å². The lowest BCUT2D eigenvalue weighted by molar-refractivity contribution is -0.0203. The van der Waals surface area contributed by atoms with Crippen LogP contribution in [0.15, 0.2) is 16.8 Å². The van der Waals surface area contributed by atoms with Gasteiger partial charge in [0, 0.05) is 25.9 Å².